The van der Waals surface area contributed by atoms with Gasteiger partial charge in [0.1, 0.15) is 5.15 Å². The molecule has 0 saturated heterocycles. The Bertz CT molecular complexity index is 509. The second kappa shape index (κ2) is 4.63. The Morgan fingerprint density at radius 2 is 1.67 bits per heavy atom. The molecule has 1 nitrogen and oxygen atoms in total. The molecule has 0 aliphatic heterocycles. The summed E-state index contributed by atoms with van der Waals surface area (Å²) in [4.78, 5) is 3.89. The Balaban J connectivity index is 2.26. The number of hydrogen-bond donors (Lipinski definition) is 0. The molecule has 15 heavy (non-hydrogen) atoms. The van der Waals surface area contributed by atoms with E-state index in [4.69, 9.17) is 11.6 Å². The molecular weight excluding hydrogens is 206 g/mol. The minimum absolute atomic E-state index is 0.467. The van der Waals surface area contributed by atoms with Crippen LogP contribution in [0.15, 0.2) is 48.7 Å². The van der Waals surface area contributed by atoms with Gasteiger partial charge in [-0.1, -0.05) is 41.6 Å². The predicted molar refractivity (Wildman–Crippen MR) is 61.7 cm³/mol. The van der Waals surface area contributed by atoms with Crippen LogP contribution in [0.3, 0.4) is 0 Å². The molecular formula is C13H8ClN. The lowest BCUT2D eigenvalue weighted by molar-refractivity contribution is 1.32. The summed E-state index contributed by atoms with van der Waals surface area (Å²) in [6, 6.07) is 13.4. The molecule has 0 radical (unpaired) electrons. The molecule has 1 aromatic carbocycles. The third kappa shape index (κ3) is 2.83. The zero-order valence-electron chi connectivity index (χ0n) is 7.94. The van der Waals surface area contributed by atoms with Gasteiger partial charge in [0, 0.05) is 17.3 Å². The Morgan fingerprint density at radius 1 is 0.933 bits per heavy atom. The highest BCUT2D eigenvalue weighted by Gasteiger charge is 1.89. The fourth-order valence-electron chi connectivity index (χ4n) is 1.15. The summed E-state index contributed by atoms with van der Waals surface area (Å²) < 4.78 is 0. The molecule has 2 rings (SSSR count). The van der Waals surface area contributed by atoms with Gasteiger partial charge in [-0.25, -0.2) is 4.98 Å². The van der Waals surface area contributed by atoms with E-state index in [9.17, 15) is 0 Å². The predicted octanol–water partition coefficient (Wildman–Crippen LogP) is 3.13. The first kappa shape index (κ1) is 9.76. The average Bonchev–Trinajstić information content (AvgIpc) is 2.28. The molecule has 0 spiro atoms. The summed E-state index contributed by atoms with van der Waals surface area (Å²) in [5.41, 5.74) is 1.87. The zero-order chi connectivity index (χ0) is 10.5. The lowest BCUT2D eigenvalue weighted by Gasteiger charge is -1.90. The summed E-state index contributed by atoms with van der Waals surface area (Å²) in [6.45, 7) is 0. The molecule has 1 heterocycles. The molecule has 0 N–H and O–H groups in total. The monoisotopic (exact) mass is 213 g/mol. The van der Waals surface area contributed by atoms with Crippen LogP contribution < -0.4 is 0 Å². The van der Waals surface area contributed by atoms with E-state index in [-0.39, 0.29) is 0 Å². The molecule has 2 heteroatoms. The van der Waals surface area contributed by atoms with Gasteiger partial charge in [0.05, 0.1) is 0 Å². The molecule has 1 aromatic heterocycles. The van der Waals surface area contributed by atoms with Crippen LogP contribution in [0.5, 0.6) is 0 Å². The van der Waals surface area contributed by atoms with Gasteiger partial charge >= 0.3 is 0 Å². The molecule has 0 atom stereocenters. The topological polar surface area (TPSA) is 12.9 Å². The smallest absolute Gasteiger partial charge is 0.130 e. The molecule has 2 aromatic rings. The van der Waals surface area contributed by atoms with Crippen molar-refractivity contribution in [3.05, 3.63) is 64.9 Å². The first-order valence-electron chi connectivity index (χ1n) is 4.53. The normalized spacial score (nSPS) is 9.13. The van der Waals surface area contributed by atoms with Gasteiger partial charge in [-0.2, -0.15) is 0 Å². The number of halogens is 1. The Hall–Kier alpha value is -1.78. The van der Waals surface area contributed by atoms with Crippen molar-refractivity contribution in [2.75, 3.05) is 0 Å². The van der Waals surface area contributed by atoms with E-state index in [1.807, 2.05) is 36.4 Å². The summed E-state index contributed by atoms with van der Waals surface area (Å²) in [5, 5.41) is 0.467. The lowest BCUT2D eigenvalue weighted by Crippen LogP contribution is -1.78. The second-order valence-corrected chi connectivity index (χ2v) is 3.37. The number of pyridine rings is 1. The minimum Gasteiger partial charge on any atom is -0.244 e. The van der Waals surface area contributed by atoms with E-state index in [0.717, 1.165) is 11.1 Å². The number of rotatable bonds is 0. The molecule has 0 unspecified atom stereocenters. The van der Waals surface area contributed by atoms with Crippen molar-refractivity contribution in [3.8, 4) is 11.8 Å². The van der Waals surface area contributed by atoms with E-state index in [2.05, 4.69) is 16.8 Å². The van der Waals surface area contributed by atoms with Gasteiger partial charge in [-0.3, -0.25) is 0 Å². The van der Waals surface area contributed by atoms with Crippen LogP contribution in [0, 0.1) is 11.8 Å². The highest BCUT2D eigenvalue weighted by atomic mass is 35.5. The van der Waals surface area contributed by atoms with Gasteiger partial charge in [-0.15, -0.1) is 0 Å². The summed E-state index contributed by atoms with van der Waals surface area (Å²) >= 11 is 5.75. The van der Waals surface area contributed by atoms with Crippen molar-refractivity contribution in [3.63, 3.8) is 0 Å². The van der Waals surface area contributed by atoms with Crippen molar-refractivity contribution < 1.29 is 0 Å². The van der Waals surface area contributed by atoms with E-state index in [1.54, 1.807) is 12.3 Å². The Morgan fingerprint density at radius 3 is 2.40 bits per heavy atom. The largest absolute Gasteiger partial charge is 0.244 e. The van der Waals surface area contributed by atoms with Crippen molar-refractivity contribution in [1.29, 1.82) is 0 Å². The maximum atomic E-state index is 5.75. The van der Waals surface area contributed by atoms with Gasteiger partial charge in [0.15, 0.2) is 0 Å². The van der Waals surface area contributed by atoms with Gasteiger partial charge in [0.25, 0.3) is 0 Å². The zero-order valence-corrected chi connectivity index (χ0v) is 8.70. The molecule has 0 aliphatic carbocycles. The van der Waals surface area contributed by atoms with Crippen LogP contribution >= 0.6 is 11.6 Å². The standard InChI is InChI=1S/C13H8ClN/c14-13-10-12(8-9-15-13)7-6-11-4-2-1-3-5-11/h1-5,8-10H. The number of aromatic nitrogens is 1. The number of benzene rings is 1. The Kier molecular flexibility index (Phi) is 3.02. The maximum Gasteiger partial charge on any atom is 0.130 e. The van der Waals surface area contributed by atoms with Crippen LogP contribution in [0.1, 0.15) is 11.1 Å². The molecule has 0 aliphatic rings. The van der Waals surface area contributed by atoms with Gasteiger partial charge in [0.2, 0.25) is 0 Å². The number of hydrogen-bond acceptors (Lipinski definition) is 1. The van der Waals surface area contributed by atoms with Crippen LogP contribution in [0.4, 0.5) is 0 Å². The molecule has 0 bridgehead atoms. The highest BCUT2D eigenvalue weighted by molar-refractivity contribution is 6.29. The molecule has 0 fully saturated rings. The van der Waals surface area contributed by atoms with Crippen molar-refractivity contribution in [2.24, 2.45) is 0 Å². The van der Waals surface area contributed by atoms with Crippen molar-refractivity contribution >= 4 is 11.6 Å². The van der Waals surface area contributed by atoms with Gasteiger partial charge in [-0.05, 0) is 24.3 Å². The molecule has 0 saturated carbocycles. The quantitative estimate of drug-likeness (QED) is 0.484. The SMILES string of the molecule is Clc1cc(C#Cc2ccccc2)ccn1. The second-order valence-electron chi connectivity index (χ2n) is 2.98. The fourth-order valence-corrected chi connectivity index (χ4v) is 1.32. The van der Waals surface area contributed by atoms with E-state index in [0.29, 0.717) is 5.15 Å². The van der Waals surface area contributed by atoms with E-state index in [1.165, 1.54) is 0 Å². The Labute approximate surface area is 93.7 Å². The lowest BCUT2D eigenvalue weighted by atomic mass is 10.2. The van der Waals surface area contributed by atoms with Crippen LogP contribution in [0.2, 0.25) is 5.15 Å². The van der Waals surface area contributed by atoms with E-state index >= 15 is 0 Å². The van der Waals surface area contributed by atoms with Crippen LogP contribution in [-0.4, -0.2) is 4.98 Å². The number of nitrogens with zero attached hydrogens (tertiary/aromatic N) is 1. The highest BCUT2D eigenvalue weighted by Crippen LogP contribution is 2.05. The molecule has 0 amide bonds. The first-order chi connectivity index (χ1) is 7.34. The summed E-state index contributed by atoms with van der Waals surface area (Å²) in [6.07, 6.45) is 1.65. The van der Waals surface area contributed by atoms with Crippen LogP contribution in [0.25, 0.3) is 0 Å². The first-order valence-corrected chi connectivity index (χ1v) is 4.91. The minimum atomic E-state index is 0.467. The van der Waals surface area contributed by atoms with Crippen molar-refractivity contribution in [1.82, 2.24) is 4.98 Å². The fraction of sp³-hybridized carbons (Fsp3) is 0. The summed E-state index contributed by atoms with van der Waals surface area (Å²) in [7, 11) is 0. The molecule has 72 valence electrons. The maximum absolute atomic E-state index is 5.75. The van der Waals surface area contributed by atoms with Crippen LogP contribution in [-0.2, 0) is 0 Å². The van der Waals surface area contributed by atoms with Gasteiger partial charge < -0.3 is 0 Å². The third-order valence-corrected chi connectivity index (χ3v) is 2.06. The third-order valence-electron chi connectivity index (χ3n) is 1.85. The van der Waals surface area contributed by atoms with Crippen molar-refractivity contribution in [2.45, 2.75) is 0 Å². The average molecular weight is 214 g/mol. The van der Waals surface area contributed by atoms with E-state index < -0.39 is 0 Å². The summed E-state index contributed by atoms with van der Waals surface area (Å²) in [5.74, 6) is 6.08.